The lowest BCUT2D eigenvalue weighted by molar-refractivity contribution is -0.136. The molecule has 0 spiro atoms. The van der Waals surface area contributed by atoms with Crippen molar-refractivity contribution in [3.8, 4) is 0 Å². The molecule has 0 saturated heterocycles. The van der Waals surface area contributed by atoms with E-state index in [2.05, 4.69) is 0 Å². The van der Waals surface area contributed by atoms with Gasteiger partial charge in [-0.05, 0) is 24.3 Å². The normalized spacial score (nSPS) is 15.8. The second kappa shape index (κ2) is 5.80. The Hall–Kier alpha value is -1.64. The molecule has 18 heavy (non-hydrogen) atoms. The van der Waals surface area contributed by atoms with Crippen LogP contribution >= 0.6 is 0 Å². The number of carbonyl (C=O) groups excluding carboxylic acids is 1. The highest BCUT2D eigenvalue weighted by molar-refractivity contribution is 5.97. The van der Waals surface area contributed by atoms with Crippen molar-refractivity contribution in [2.45, 2.75) is 44.4 Å². The van der Waals surface area contributed by atoms with Crippen LogP contribution < -0.4 is 0 Å². The highest BCUT2D eigenvalue weighted by atomic mass is 16.4. The Morgan fingerprint density at radius 1 is 1.06 bits per heavy atom. The van der Waals surface area contributed by atoms with Crippen molar-refractivity contribution in [3.63, 3.8) is 0 Å². The summed E-state index contributed by atoms with van der Waals surface area (Å²) in [5.41, 5.74) is 1.93. The molecule has 2 rings (SSSR count). The molecule has 0 aromatic heterocycles. The molecule has 1 aromatic carbocycles. The summed E-state index contributed by atoms with van der Waals surface area (Å²) < 4.78 is 0. The molecule has 1 N–H and O–H groups in total. The van der Waals surface area contributed by atoms with E-state index in [4.69, 9.17) is 5.11 Å². The molecule has 0 unspecified atom stereocenters. The fourth-order valence-corrected chi connectivity index (χ4v) is 2.57. The van der Waals surface area contributed by atoms with Gasteiger partial charge in [-0.15, -0.1) is 0 Å². The van der Waals surface area contributed by atoms with Gasteiger partial charge in [0.25, 0.3) is 0 Å². The highest BCUT2D eigenvalue weighted by Crippen LogP contribution is 2.33. The Labute approximate surface area is 107 Å². The third-order valence-corrected chi connectivity index (χ3v) is 3.63. The number of benzene rings is 1. The molecule has 0 atom stereocenters. The van der Waals surface area contributed by atoms with Gasteiger partial charge in [0, 0.05) is 12.0 Å². The Morgan fingerprint density at radius 2 is 1.67 bits per heavy atom. The molecule has 0 aliphatic heterocycles. The van der Waals surface area contributed by atoms with E-state index < -0.39 is 5.97 Å². The van der Waals surface area contributed by atoms with Crippen LogP contribution in [0.15, 0.2) is 24.3 Å². The first-order chi connectivity index (χ1) is 8.66. The van der Waals surface area contributed by atoms with Crippen molar-refractivity contribution >= 4 is 11.8 Å². The third-order valence-electron chi connectivity index (χ3n) is 3.63. The Morgan fingerprint density at radius 3 is 2.22 bits per heavy atom. The SMILES string of the molecule is O=C(O)CCC(=O)c1ccc(C2CCCC2)cc1. The molecule has 3 heteroatoms. The molecule has 0 bridgehead atoms. The van der Waals surface area contributed by atoms with Gasteiger partial charge in [0.2, 0.25) is 0 Å². The van der Waals surface area contributed by atoms with Gasteiger partial charge >= 0.3 is 5.97 Å². The van der Waals surface area contributed by atoms with Gasteiger partial charge < -0.3 is 5.11 Å². The lowest BCUT2D eigenvalue weighted by Gasteiger charge is -2.09. The number of carbonyl (C=O) groups is 2. The van der Waals surface area contributed by atoms with Crippen molar-refractivity contribution in [2.24, 2.45) is 0 Å². The van der Waals surface area contributed by atoms with Crippen molar-refractivity contribution in [2.75, 3.05) is 0 Å². The molecule has 96 valence electrons. The number of hydrogen-bond donors (Lipinski definition) is 1. The number of Topliss-reactive ketones (excluding diaryl/α,β-unsaturated/α-hetero) is 1. The van der Waals surface area contributed by atoms with Crippen molar-refractivity contribution in [1.29, 1.82) is 0 Å². The Bertz CT molecular complexity index is 428. The molecule has 1 aliphatic rings. The maximum atomic E-state index is 11.7. The summed E-state index contributed by atoms with van der Waals surface area (Å²) in [7, 11) is 0. The molecule has 0 radical (unpaired) electrons. The summed E-state index contributed by atoms with van der Waals surface area (Å²) in [4.78, 5) is 22.1. The van der Waals surface area contributed by atoms with E-state index in [-0.39, 0.29) is 18.6 Å². The number of hydrogen-bond acceptors (Lipinski definition) is 2. The quantitative estimate of drug-likeness (QED) is 0.810. The number of carboxylic acid groups (broad SMARTS) is 1. The third kappa shape index (κ3) is 3.19. The van der Waals surface area contributed by atoms with Gasteiger partial charge in [-0.25, -0.2) is 0 Å². The first-order valence-electron chi connectivity index (χ1n) is 6.52. The smallest absolute Gasteiger partial charge is 0.303 e. The number of aliphatic carboxylic acids is 1. The Balaban J connectivity index is 1.98. The monoisotopic (exact) mass is 246 g/mol. The van der Waals surface area contributed by atoms with Crippen molar-refractivity contribution in [1.82, 2.24) is 0 Å². The molecule has 3 nitrogen and oxygen atoms in total. The maximum Gasteiger partial charge on any atom is 0.303 e. The van der Waals surface area contributed by atoms with Crippen molar-refractivity contribution < 1.29 is 14.7 Å². The largest absolute Gasteiger partial charge is 0.481 e. The topological polar surface area (TPSA) is 54.4 Å². The minimum atomic E-state index is -0.925. The van der Waals surface area contributed by atoms with E-state index >= 15 is 0 Å². The lowest BCUT2D eigenvalue weighted by atomic mass is 9.95. The van der Waals surface area contributed by atoms with Crippen LogP contribution in [0.1, 0.15) is 60.4 Å². The number of carboxylic acids is 1. The second-order valence-electron chi connectivity index (χ2n) is 4.92. The van der Waals surface area contributed by atoms with E-state index in [0.29, 0.717) is 11.5 Å². The molecule has 1 saturated carbocycles. The van der Waals surface area contributed by atoms with Gasteiger partial charge in [0.15, 0.2) is 5.78 Å². The van der Waals surface area contributed by atoms with Gasteiger partial charge in [-0.2, -0.15) is 0 Å². The number of ketones is 1. The minimum Gasteiger partial charge on any atom is -0.481 e. The predicted octanol–water partition coefficient (Wildman–Crippen LogP) is 3.39. The van der Waals surface area contributed by atoms with Crippen LogP contribution in [0, 0.1) is 0 Å². The van der Waals surface area contributed by atoms with Crippen LogP contribution in [-0.2, 0) is 4.79 Å². The molecule has 1 aromatic rings. The van der Waals surface area contributed by atoms with Crippen LogP contribution in [0.5, 0.6) is 0 Å². The average Bonchev–Trinajstić information content (AvgIpc) is 2.90. The van der Waals surface area contributed by atoms with Crippen LogP contribution in [0.3, 0.4) is 0 Å². The van der Waals surface area contributed by atoms with Crippen LogP contribution in [-0.4, -0.2) is 16.9 Å². The maximum absolute atomic E-state index is 11.7. The molecule has 1 fully saturated rings. The van der Waals surface area contributed by atoms with Gasteiger partial charge in [0.1, 0.15) is 0 Å². The Kier molecular flexibility index (Phi) is 4.13. The van der Waals surface area contributed by atoms with Gasteiger partial charge in [-0.3, -0.25) is 9.59 Å². The summed E-state index contributed by atoms with van der Waals surface area (Å²) in [6, 6.07) is 7.70. The summed E-state index contributed by atoms with van der Waals surface area (Å²) in [5.74, 6) is -0.366. The predicted molar refractivity (Wildman–Crippen MR) is 68.9 cm³/mol. The average molecular weight is 246 g/mol. The zero-order chi connectivity index (χ0) is 13.0. The van der Waals surface area contributed by atoms with Crippen LogP contribution in [0.25, 0.3) is 0 Å². The molecular weight excluding hydrogens is 228 g/mol. The van der Waals surface area contributed by atoms with Gasteiger partial charge in [-0.1, -0.05) is 37.1 Å². The summed E-state index contributed by atoms with van der Waals surface area (Å²) in [6.07, 6.45) is 5.06. The van der Waals surface area contributed by atoms with Crippen LogP contribution in [0.2, 0.25) is 0 Å². The van der Waals surface area contributed by atoms with Crippen LogP contribution in [0.4, 0.5) is 0 Å². The summed E-state index contributed by atoms with van der Waals surface area (Å²) in [5, 5.41) is 8.54. The minimum absolute atomic E-state index is 0.0815. The van der Waals surface area contributed by atoms with E-state index in [1.165, 1.54) is 31.2 Å². The van der Waals surface area contributed by atoms with E-state index in [1.807, 2.05) is 24.3 Å². The molecule has 0 heterocycles. The van der Waals surface area contributed by atoms with E-state index in [9.17, 15) is 9.59 Å². The fraction of sp³-hybridized carbons (Fsp3) is 0.467. The standard InChI is InChI=1S/C15H18O3/c16-14(9-10-15(17)18)13-7-5-12(6-8-13)11-3-1-2-4-11/h5-8,11H,1-4,9-10H2,(H,17,18). The van der Waals surface area contributed by atoms with Gasteiger partial charge in [0.05, 0.1) is 6.42 Å². The van der Waals surface area contributed by atoms with E-state index in [1.54, 1.807) is 0 Å². The molecule has 0 amide bonds. The first-order valence-corrected chi connectivity index (χ1v) is 6.52. The fourth-order valence-electron chi connectivity index (χ4n) is 2.57. The first kappa shape index (κ1) is 12.8. The lowest BCUT2D eigenvalue weighted by Crippen LogP contribution is -2.04. The zero-order valence-corrected chi connectivity index (χ0v) is 10.4. The highest BCUT2D eigenvalue weighted by Gasteiger charge is 2.17. The second-order valence-corrected chi connectivity index (χ2v) is 4.92. The summed E-state index contributed by atoms with van der Waals surface area (Å²) >= 11 is 0. The summed E-state index contributed by atoms with van der Waals surface area (Å²) in [6.45, 7) is 0. The molecule has 1 aliphatic carbocycles. The van der Waals surface area contributed by atoms with E-state index in [0.717, 1.165) is 0 Å². The van der Waals surface area contributed by atoms with Crippen molar-refractivity contribution in [3.05, 3.63) is 35.4 Å². The number of rotatable bonds is 5. The zero-order valence-electron chi connectivity index (χ0n) is 10.4. The molecular formula is C15H18O3.